The number of carbonyl (C=O) groups excluding carboxylic acids is 1. The number of nitrogens with zero attached hydrogens (tertiary/aromatic N) is 2. The molecule has 2 heterocycles. The van der Waals surface area contributed by atoms with E-state index in [1.54, 1.807) is 18.2 Å². The van der Waals surface area contributed by atoms with Gasteiger partial charge in [-0.25, -0.2) is 0 Å². The quantitative estimate of drug-likeness (QED) is 0.450. The number of aromatic nitrogens is 1. The van der Waals surface area contributed by atoms with Gasteiger partial charge >= 0.3 is 0 Å². The Kier molecular flexibility index (Phi) is 7.67. The summed E-state index contributed by atoms with van der Waals surface area (Å²) < 4.78 is 34.6. The molecule has 35 heavy (non-hydrogen) atoms. The zero-order chi connectivity index (χ0) is 24.8. The number of nitrogens with one attached hydrogen (secondary N) is 1. The van der Waals surface area contributed by atoms with Gasteiger partial charge in [0.1, 0.15) is 5.75 Å². The third kappa shape index (κ3) is 6.58. The Morgan fingerprint density at radius 2 is 1.80 bits per heavy atom. The van der Waals surface area contributed by atoms with Crippen molar-refractivity contribution in [2.24, 2.45) is 4.40 Å². The first-order chi connectivity index (χ1) is 16.8. The highest BCUT2D eigenvalue weighted by atomic mass is 32.2. The van der Waals surface area contributed by atoms with Crippen LogP contribution in [0.1, 0.15) is 29.3 Å². The van der Waals surface area contributed by atoms with Crippen LogP contribution in [-0.2, 0) is 27.7 Å². The maximum atomic E-state index is 12.5. The zero-order valence-electron chi connectivity index (χ0n) is 19.4. The summed E-state index contributed by atoms with van der Waals surface area (Å²) in [6.07, 6.45) is 5.25. The molecule has 1 N–H and O–H groups in total. The highest BCUT2D eigenvalue weighted by molar-refractivity contribution is 8.19. The summed E-state index contributed by atoms with van der Waals surface area (Å²) in [7, 11) is -3.91. The van der Waals surface area contributed by atoms with Crippen molar-refractivity contribution < 1.29 is 17.9 Å². The number of ether oxygens (including phenoxy) is 1. The van der Waals surface area contributed by atoms with E-state index in [-0.39, 0.29) is 10.1 Å². The summed E-state index contributed by atoms with van der Waals surface area (Å²) in [6, 6.07) is 17.8. The molecule has 9 heteroatoms. The number of hydrogen-bond donors (Lipinski definition) is 1. The number of pyridine rings is 1. The first-order valence-electron chi connectivity index (χ1n) is 11.1. The minimum Gasteiger partial charge on any atom is -0.493 e. The molecule has 3 aromatic rings. The Balaban J connectivity index is 1.36. The normalized spacial score (nSPS) is 16.0. The molecule has 1 aliphatic heterocycles. The van der Waals surface area contributed by atoms with E-state index in [9.17, 15) is 13.2 Å². The van der Waals surface area contributed by atoms with E-state index in [1.807, 2.05) is 43.5 Å². The molecular formula is C26H25N3O4S2. The molecule has 1 amide bonds. The fraction of sp³-hybridized carbons (Fsp3) is 0.192. The number of hydrogen-bond acceptors (Lipinski definition) is 6. The number of rotatable bonds is 8. The molecule has 0 aliphatic carbocycles. The van der Waals surface area contributed by atoms with Crippen LogP contribution in [0.25, 0.3) is 6.08 Å². The predicted molar refractivity (Wildman–Crippen MR) is 139 cm³/mol. The van der Waals surface area contributed by atoms with Crippen molar-refractivity contribution in [1.29, 1.82) is 0 Å². The number of amidine groups is 1. The van der Waals surface area contributed by atoms with E-state index >= 15 is 0 Å². The molecule has 0 spiro atoms. The van der Waals surface area contributed by atoms with E-state index in [1.165, 1.54) is 17.7 Å². The maximum Gasteiger partial charge on any atom is 0.284 e. The van der Waals surface area contributed by atoms with Crippen molar-refractivity contribution in [1.82, 2.24) is 10.3 Å². The van der Waals surface area contributed by atoms with Gasteiger partial charge in [0.15, 0.2) is 5.17 Å². The molecule has 1 aromatic heterocycles. The van der Waals surface area contributed by atoms with Crippen LogP contribution in [-0.4, -0.2) is 31.1 Å². The summed E-state index contributed by atoms with van der Waals surface area (Å²) in [5, 5.41) is 2.55. The van der Waals surface area contributed by atoms with E-state index in [4.69, 9.17) is 4.74 Å². The van der Waals surface area contributed by atoms with Crippen molar-refractivity contribution >= 4 is 38.9 Å². The van der Waals surface area contributed by atoms with Crippen LogP contribution in [0.4, 0.5) is 0 Å². The zero-order valence-corrected chi connectivity index (χ0v) is 21.0. The van der Waals surface area contributed by atoms with Crippen LogP contribution in [0.3, 0.4) is 0 Å². The highest BCUT2D eigenvalue weighted by Crippen LogP contribution is 2.28. The van der Waals surface area contributed by atoms with Gasteiger partial charge in [-0.1, -0.05) is 42.8 Å². The maximum absolute atomic E-state index is 12.5. The van der Waals surface area contributed by atoms with E-state index in [0.717, 1.165) is 35.0 Å². The third-order valence-corrected chi connectivity index (χ3v) is 7.59. The Morgan fingerprint density at radius 3 is 2.46 bits per heavy atom. The van der Waals surface area contributed by atoms with Gasteiger partial charge in [-0.15, -0.1) is 4.40 Å². The topological polar surface area (TPSA) is 97.7 Å². The molecule has 0 bridgehead atoms. The molecule has 4 rings (SSSR count). The van der Waals surface area contributed by atoms with E-state index in [0.29, 0.717) is 23.7 Å². The molecule has 1 aliphatic rings. The average molecular weight is 508 g/mol. The highest BCUT2D eigenvalue weighted by Gasteiger charge is 2.26. The van der Waals surface area contributed by atoms with Crippen molar-refractivity contribution in [3.8, 4) is 5.75 Å². The predicted octanol–water partition coefficient (Wildman–Crippen LogP) is 4.52. The number of sulfonamides is 1. The lowest BCUT2D eigenvalue weighted by Gasteiger charge is -2.07. The summed E-state index contributed by atoms with van der Waals surface area (Å²) in [6.45, 7) is 4.47. The molecule has 2 aromatic carbocycles. The van der Waals surface area contributed by atoms with Gasteiger partial charge in [0.05, 0.1) is 16.4 Å². The van der Waals surface area contributed by atoms with Crippen molar-refractivity contribution in [3.05, 3.63) is 94.1 Å². The SMILES string of the molecule is CCc1ccc(CCOc2ccc(/C=C3/S/C(=N/S(=O)(=O)c4ccc(C)cc4)NC3=O)cc2)nc1. The van der Waals surface area contributed by atoms with Crippen LogP contribution in [0.2, 0.25) is 0 Å². The van der Waals surface area contributed by atoms with Gasteiger partial charge in [-0.05, 0) is 72.6 Å². The summed E-state index contributed by atoms with van der Waals surface area (Å²) in [5.74, 6) is 0.321. The molecule has 7 nitrogen and oxygen atoms in total. The second-order valence-electron chi connectivity index (χ2n) is 7.93. The molecule has 1 fully saturated rings. The Hall–Kier alpha value is -3.43. The first kappa shape index (κ1) is 24.7. The van der Waals surface area contributed by atoms with Crippen LogP contribution in [0.5, 0.6) is 5.75 Å². The lowest BCUT2D eigenvalue weighted by atomic mass is 10.2. The summed E-state index contributed by atoms with van der Waals surface area (Å²) in [5.41, 5.74) is 3.92. The number of thioether (sulfide) groups is 1. The molecular weight excluding hydrogens is 482 g/mol. The van der Waals surface area contributed by atoms with Gasteiger partial charge in [0.25, 0.3) is 15.9 Å². The van der Waals surface area contributed by atoms with E-state index < -0.39 is 15.9 Å². The standard InChI is InChI=1S/C26H25N3O4S2/c1-3-19-6-9-21(27-17-19)14-15-33-22-10-7-20(8-11-22)16-24-25(30)28-26(34-24)29-35(31,32)23-12-4-18(2)5-13-23/h4-13,16-17H,3,14-15H2,1-2H3,(H,28,29,30)/b24-16+. The minimum absolute atomic E-state index is 0.0300. The molecule has 180 valence electrons. The van der Waals surface area contributed by atoms with Gasteiger partial charge in [-0.3, -0.25) is 15.1 Å². The largest absolute Gasteiger partial charge is 0.493 e. The lowest BCUT2D eigenvalue weighted by Crippen LogP contribution is -2.20. The molecule has 0 saturated carbocycles. The first-order valence-corrected chi connectivity index (χ1v) is 13.4. The minimum atomic E-state index is -3.91. The van der Waals surface area contributed by atoms with Crippen LogP contribution < -0.4 is 10.1 Å². The van der Waals surface area contributed by atoms with Crippen molar-refractivity contribution in [2.75, 3.05) is 6.61 Å². The van der Waals surface area contributed by atoms with Crippen LogP contribution in [0.15, 0.2) is 81.1 Å². The number of carbonyl (C=O) groups is 1. The summed E-state index contributed by atoms with van der Waals surface area (Å²) in [4.78, 5) is 17.2. The third-order valence-electron chi connectivity index (χ3n) is 5.27. The van der Waals surface area contributed by atoms with Gasteiger partial charge in [0.2, 0.25) is 0 Å². The second kappa shape index (κ2) is 10.9. The molecule has 0 radical (unpaired) electrons. The van der Waals surface area contributed by atoms with Gasteiger partial charge in [0, 0.05) is 18.3 Å². The van der Waals surface area contributed by atoms with Gasteiger partial charge < -0.3 is 4.74 Å². The fourth-order valence-corrected chi connectivity index (χ4v) is 5.22. The van der Waals surface area contributed by atoms with Gasteiger partial charge in [-0.2, -0.15) is 8.42 Å². The number of amides is 1. The van der Waals surface area contributed by atoms with Crippen LogP contribution >= 0.6 is 11.8 Å². The Labute approximate surface area is 209 Å². The lowest BCUT2D eigenvalue weighted by molar-refractivity contribution is -0.115. The Morgan fingerprint density at radius 1 is 1.06 bits per heavy atom. The fourth-order valence-electron chi connectivity index (χ4n) is 3.24. The Bertz CT molecular complexity index is 1360. The monoisotopic (exact) mass is 507 g/mol. The second-order valence-corrected chi connectivity index (χ2v) is 10.6. The van der Waals surface area contributed by atoms with Crippen molar-refractivity contribution in [3.63, 3.8) is 0 Å². The smallest absolute Gasteiger partial charge is 0.284 e. The average Bonchev–Trinajstić information content (AvgIpc) is 3.18. The van der Waals surface area contributed by atoms with Crippen LogP contribution in [0, 0.1) is 6.92 Å². The number of benzene rings is 2. The summed E-state index contributed by atoms with van der Waals surface area (Å²) >= 11 is 0.990. The molecule has 0 atom stereocenters. The molecule has 0 unspecified atom stereocenters. The number of aryl methyl sites for hydroxylation is 2. The van der Waals surface area contributed by atoms with E-state index in [2.05, 4.69) is 27.7 Å². The van der Waals surface area contributed by atoms with Crippen molar-refractivity contribution in [2.45, 2.75) is 31.6 Å². The molecule has 1 saturated heterocycles.